The Morgan fingerprint density at radius 3 is 3.20 bits per heavy atom. The second-order valence-corrected chi connectivity index (χ2v) is 4.19. The third-order valence-corrected chi connectivity index (χ3v) is 3.26. The van der Waals surface area contributed by atoms with Gasteiger partial charge in [0.15, 0.2) is 0 Å². The van der Waals surface area contributed by atoms with Gasteiger partial charge in [-0.1, -0.05) is 13.3 Å². The predicted molar refractivity (Wildman–Crippen MR) is 57.7 cm³/mol. The van der Waals surface area contributed by atoms with Crippen LogP contribution < -0.4 is 11.0 Å². The van der Waals surface area contributed by atoms with Crippen LogP contribution >= 0.6 is 0 Å². The Hall–Kier alpha value is -1.10. The number of H-pyrrole nitrogens is 1. The molecule has 1 aromatic heterocycles. The van der Waals surface area contributed by atoms with E-state index in [1.54, 1.807) is 10.9 Å². The van der Waals surface area contributed by atoms with Crippen molar-refractivity contribution in [1.82, 2.24) is 20.1 Å². The summed E-state index contributed by atoms with van der Waals surface area (Å²) in [5.41, 5.74) is -0.114. The summed E-state index contributed by atoms with van der Waals surface area (Å²) >= 11 is 0. The van der Waals surface area contributed by atoms with Gasteiger partial charge < -0.3 is 5.32 Å². The number of piperidine rings is 1. The molecule has 84 valence electrons. The van der Waals surface area contributed by atoms with Gasteiger partial charge in [-0.15, -0.1) is 0 Å². The SMILES string of the molecule is CCC1CCCNC1Cn1cn[nH]c1=O. The van der Waals surface area contributed by atoms with E-state index in [-0.39, 0.29) is 5.69 Å². The Morgan fingerprint density at radius 2 is 2.53 bits per heavy atom. The minimum Gasteiger partial charge on any atom is -0.312 e. The van der Waals surface area contributed by atoms with Gasteiger partial charge >= 0.3 is 5.69 Å². The fourth-order valence-corrected chi connectivity index (χ4v) is 2.33. The number of nitrogens with one attached hydrogen (secondary N) is 2. The first-order chi connectivity index (χ1) is 7.31. The van der Waals surface area contributed by atoms with Gasteiger partial charge in [-0.05, 0) is 25.3 Å². The minimum atomic E-state index is -0.114. The van der Waals surface area contributed by atoms with Crippen molar-refractivity contribution in [3.63, 3.8) is 0 Å². The molecule has 0 amide bonds. The summed E-state index contributed by atoms with van der Waals surface area (Å²) in [5, 5.41) is 9.64. The highest BCUT2D eigenvalue weighted by atomic mass is 16.1. The summed E-state index contributed by atoms with van der Waals surface area (Å²) < 4.78 is 1.64. The fourth-order valence-electron chi connectivity index (χ4n) is 2.33. The molecule has 15 heavy (non-hydrogen) atoms. The van der Waals surface area contributed by atoms with Crippen LogP contribution in [0, 0.1) is 5.92 Å². The third kappa shape index (κ3) is 2.28. The molecule has 1 aromatic rings. The van der Waals surface area contributed by atoms with Crippen LogP contribution in [0.3, 0.4) is 0 Å². The summed E-state index contributed by atoms with van der Waals surface area (Å²) in [4.78, 5) is 11.3. The van der Waals surface area contributed by atoms with E-state index in [1.807, 2.05) is 0 Å². The van der Waals surface area contributed by atoms with E-state index in [0.717, 1.165) is 13.1 Å². The van der Waals surface area contributed by atoms with Crippen LogP contribution in [0.1, 0.15) is 26.2 Å². The van der Waals surface area contributed by atoms with E-state index in [4.69, 9.17) is 0 Å². The molecule has 0 aromatic carbocycles. The van der Waals surface area contributed by atoms with Crippen molar-refractivity contribution in [1.29, 1.82) is 0 Å². The van der Waals surface area contributed by atoms with Crippen LogP contribution in [0.25, 0.3) is 0 Å². The average molecular weight is 210 g/mol. The first-order valence-corrected chi connectivity index (χ1v) is 5.64. The highest BCUT2D eigenvalue weighted by molar-refractivity contribution is 4.81. The van der Waals surface area contributed by atoms with E-state index in [9.17, 15) is 4.79 Å². The Kier molecular flexibility index (Phi) is 3.20. The molecule has 1 aliphatic rings. The van der Waals surface area contributed by atoms with Crippen molar-refractivity contribution in [2.75, 3.05) is 6.54 Å². The van der Waals surface area contributed by atoms with E-state index in [0.29, 0.717) is 12.0 Å². The molecule has 0 aliphatic carbocycles. The first-order valence-electron chi connectivity index (χ1n) is 5.64. The number of rotatable bonds is 3. The summed E-state index contributed by atoms with van der Waals surface area (Å²) in [6, 6.07) is 0.416. The lowest BCUT2D eigenvalue weighted by Gasteiger charge is -2.31. The number of aromatic nitrogens is 3. The lowest BCUT2D eigenvalue weighted by atomic mass is 9.88. The van der Waals surface area contributed by atoms with Crippen LogP contribution in [0.5, 0.6) is 0 Å². The zero-order chi connectivity index (χ0) is 10.7. The van der Waals surface area contributed by atoms with E-state index in [2.05, 4.69) is 22.4 Å². The van der Waals surface area contributed by atoms with Gasteiger partial charge in [0.25, 0.3) is 0 Å². The molecule has 5 nitrogen and oxygen atoms in total. The maximum atomic E-state index is 11.3. The highest BCUT2D eigenvalue weighted by Crippen LogP contribution is 2.20. The minimum absolute atomic E-state index is 0.114. The average Bonchev–Trinajstić information content (AvgIpc) is 2.65. The van der Waals surface area contributed by atoms with Gasteiger partial charge in [0.2, 0.25) is 0 Å². The lowest BCUT2D eigenvalue weighted by molar-refractivity contribution is 0.247. The van der Waals surface area contributed by atoms with Crippen molar-refractivity contribution >= 4 is 0 Å². The second-order valence-electron chi connectivity index (χ2n) is 4.19. The van der Waals surface area contributed by atoms with Gasteiger partial charge in [0.05, 0.1) is 0 Å². The normalized spacial score (nSPS) is 26.7. The summed E-state index contributed by atoms with van der Waals surface area (Å²) in [5.74, 6) is 0.681. The molecule has 1 saturated heterocycles. The largest absolute Gasteiger partial charge is 0.343 e. The zero-order valence-electron chi connectivity index (χ0n) is 9.07. The Balaban J connectivity index is 2.03. The van der Waals surface area contributed by atoms with Crippen molar-refractivity contribution in [2.45, 2.75) is 38.8 Å². The van der Waals surface area contributed by atoms with Crippen LogP contribution in [0.15, 0.2) is 11.1 Å². The molecule has 0 bridgehead atoms. The number of hydrogen-bond donors (Lipinski definition) is 2. The molecule has 2 rings (SSSR count). The standard InChI is InChI=1S/C10H18N4O/c1-2-8-4-3-5-11-9(8)6-14-7-12-13-10(14)15/h7-9,11H,2-6H2,1H3,(H,13,15). The zero-order valence-corrected chi connectivity index (χ0v) is 9.07. The predicted octanol–water partition coefficient (Wildman–Crippen LogP) is 0.350. The molecule has 5 heteroatoms. The van der Waals surface area contributed by atoms with Gasteiger partial charge in [0.1, 0.15) is 6.33 Å². The Bertz CT molecular complexity index is 356. The van der Waals surface area contributed by atoms with E-state index < -0.39 is 0 Å². The van der Waals surface area contributed by atoms with Gasteiger partial charge in [-0.3, -0.25) is 4.57 Å². The first kappa shape index (κ1) is 10.4. The summed E-state index contributed by atoms with van der Waals surface area (Å²) in [6.45, 7) is 4.00. The summed E-state index contributed by atoms with van der Waals surface area (Å²) in [6.07, 6.45) is 5.26. The Labute approximate surface area is 88.9 Å². The van der Waals surface area contributed by atoms with Crippen LogP contribution in [-0.2, 0) is 6.54 Å². The molecule has 0 radical (unpaired) electrons. The van der Waals surface area contributed by atoms with E-state index in [1.165, 1.54) is 19.3 Å². The molecular formula is C10H18N4O. The molecule has 1 fully saturated rings. The second kappa shape index (κ2) is 4.61. The monoisotopic (exact) mass is 210 g/mol. The molecular weight excluding hydrogens is 192 g/mol. The van der Waals surface area contributed by atoms with Crippen molar-refractivity contribution in [2.24, 2.45) is 5.92 Å². The Morgan fingerprint density at radius 1 is 1.67 bits per heavy atom. The maximum absolute atomic E-state index is 11.3. The van der Waals surface area contributed by atoms with Crippen molar-refractivity contribution in [3.05, 3.63) is 16.8 Å². The van der Waals surface area contributed by atoms with Gasteiger partial charge in [0, 0.05) is 12.6 Å². The van der Waals surface area contributed by atoms with Crippen LogP contribution in [0.2, 0.25) is 0 Å². The van der Waals surface area contributed by atoms with Crippen LogP contribution in [-0.4, -0.2) is 27.4 Å². The molecule has 0 saturated carbocycles. The third-order valence-electron chi connectivity index (χ3n) is 3.26. The number of aromatic amines is 1. The maximum Gasteiger partial charge on any atom is 0.343 e. The highest BCUT2D eigenvalue weighted by Gasteiger charge is 2.23. The summed E-state index contributed by atoms with van der Waals surface area (Å²) in [7, 11) is 0. The van der Waals surface area contributed by atoms with Gasteiger partial charge in [-0.25, -0.2) is 9.89 Å². The smallest absolute Gasteiger partial charge is 0.312 e. The topological polar surface area (TPSA) is 62.7 Å². The van der Waals surface area contributed by atoms with Crippen molar-refractivity contribution < 1.29 is 0 Å². The number of hydrogen-bond acceptors (Lipinski definition) is 3. The van der Waals surface area contributed by atoms with Gasteiger partial charge in [-0.2, -0.15) is 5.10 Å². The fraction of sp³-hybridized carbons (Fsp3) is 0.800. The molecule has 2 heterocycles. The molecule has 0 spiro atoms. The quantitative estimate of drug-likeness (QED) is 0.756. The molecule has 2 N–H and O–H groups in total. The molecule has 2 atom stereocenters. The lowest BCUT2D eigenvalue weighted by Crippen LogP contribution is -2.45. The van der Waals surface area contributed by atoms with E-state index >= 15 is 0 Å². The molecule has 1 aliphatic heterocycles. The number of nitrogens with zero attached hydrogens (tertiary/aromatic N) is 2. The van der Waals surface area contributed by atoms with Crippen molar-refractivity contribution in [3.8, 4) is 0 Å². The molecule has 2 unspecified atom stereocenters. The van der Waals surface area contributed by atoms with Crippen LogP contribution in [0.4, 0.5) is 0 Å².